The Morgan fingerprint density at radius 1 is 1.40 bits per heavy atom. The van der Waals surface area contributed by atoms with Gasteiger partial charge in [0.1, 0.15) is 21.4 Å². The van der Waals surface area contributed by atoms with Gasteiger partial charge in [0.15, 0.2) is 0 Å². The monoisotopic (exact) mass is 231 g/mol. The first-order valence-electron chi connectivity index (χ1n) is 4.91. The van der Waals surface area contributed by atoms with Crippen LogP contribution in [0.3, 0.4) is 0 Å². The summed E-state index contributed by atoms with van der Waals surface area (Å²) in [6.45, 7) is 3.23. The molecule has 1 heterocycles. The quantitative estimate of drug-likeness (QED) is 0.745. The van der Waals surface area contributed by atoms with Crippen molar-refractivity contribution in [3.05, 3.63) is 23.7 Å². The van der Waals surface area contributed by atoms with E-state index in [1.807, 2.05) is 19.1 Å². The summed E-state index contributed by atoms with van der Waals surface area (Å²) >= 11 is 0. The van der Waals surface area contributed by atoms with Gasteiger partial charge in [0.05, 0.1) is 12.3 Å². The summed E-state index contributed by atoms with van der Waals surface area (Å²) in [7, 11) is -2.83. The molecule has 1 aromatic heterocycles. The molecule has 0 aliphatic heterocycles. The molecule has 4 nitrogen and oxygen atoms in total. The van der Waals surface area contributed by atoms with Crippen LogP contribution >= 0.6 is 0 Å². The fourth-order valence-electron chi connectivity index (χ4n) is 1.25. The van der Waals surface area contributed by atoms with Crippen molar-refractivity contribution in [1.29, 1.82) is 0 Å². The molecule has 0 saturated carbocycles. The van der Waals surface area contributed by atoms with E-state index in [-0.39, 0.29) is 5.75 Å². The van der Waals surface area contributed by atoms with E-state index in [4.69, 9.17) is 4.42 Å². The molecule has 0 unspecified atom stereocenters. The van der Waals surface area contributed by atoms with Crippen LogP contribution in [0.1, 0.15) is 17.9 Å². The van der Waals surface area contributed by atoms with Gasteiger partial charge in [0, 0.05) is 6.26 Å². The molecule has 0 saturated heterocycles. The number of hydrogen-bond acceptors (Lipinski definition) is 4. The maximum Gasteiger partial charge on any atom is 0.147 e. The summed E-state index contributed by atoms with van der Waals surface area (Å²) in [6, 6.07) is 3.83. The third kappa shape index (κ3) is 5.59. The molecule has 1 rings (SSSR count). The molecule has 0 amide bonds. The molecular weight excluding hydrogens is 214 g/mol. The van der Waals surface area contributed by atoms with Gasteiger partial charge in [-0.2, -0.15) is 0 Å². The van der Waals surface area contributed by atoms with Crippen molar-refractivity contribution < 1.29 is 12.8 Å². The average molecular weight is 231 g/mol. The van der Waals surface area contributed by atoms with Crippen LogP contribution in [0.25, 0.3) is 0 Å². The van der Waals surface area contributed by atoms with Gasteiger partial charge in [-0.15, -0.1) is 0 Å². The van der Waals surface area contributed by atoms with Gasteiger partial charge in [-0.3, -0.25) is 0 Å². The first-order chi connectivity index (χ1) is 6.97. The first-order valence-corrected chi connectivity index (χ1v) is 6.97. The van der Waals surface area contributed by atoms with E-state index < -0.39 is 9.84 Å². The van der Waals surface area contributed by atoms with E-state index in [2.05, 4.69) is 5.32 Å². The highest BCUT2D eigenvalue weighted by Crippen LogP contribution is 2.05. The number of hydrogen-bond donors (Lipinski definition) is 1. The first kappa shape index (κ1) is 12.3. The molecule has 0 bridgehead atoms. The van der Waals surface area contributed by atoms with E-state index in [1.165, 1.54) is 6.26 Å². The normalized spacial score (nSPS) is 11.9. The lowest BCUT2D eigenvalue weighted by molar-refractivity contribution is 0.462. The smallest absolute Gasteiger partial charge is 0.147 e. The second-order valence-electron chi connectivity index (χ2n) is 3.67. The topological polar surface area (TPSA) is 59.3 Å². The maximum atomic E-state index is 10.8. The number of sulfone groups is 1. The zero-order valence-electron chi connectivity index (χ0n) is 9.12. The molecular formula is C10H17NO3S. The minimum absolute atomic E-state index is 0.233. The molecule has 1 N–H and O–H groups in total. The molecule has 0 aliphatic rings. The van der Waals surface area contributed by atoms with Gasteiger partial charge < -0.3 is 9.73 Å². The zero-order chi connectivity index (χ0) is 11.3. The number of aryl methyl sites for hydroxylation is 1. The predicted molar refractivity (Wildman–Crippen MR) is 59.5 cm³/mol. The highest BCUT2D eigenvalue weighted by Gasteiger charge is 2.01. The highest BCUT2D eigenvalue weighted by molar-refractivity contribution is 7.90. The molecule has 0 spiro atoms. The number of furan rings is 1. The summed E-state index contributed by atoms with van der Waals surface area (Å²) in [5, 5.41) is 3.13. The van der Waals surface area contributed by atoms with Gasteiger partial charge >= 0.3 is 0 Å². The SMILES string of the molecule is Cc1ccc(CNCCCS(C)(=O)=O)o1. The molecule has 0 aliphatic carbocycles. The highest BCUT2D eigenvalue weighted by atomic mass is 32.2. The summed E-state index contributed by atoms with van der Waals surface area (Å²) in [5.74, 6) is 2.01. The molecule has 0 aromatic carbocycles. The lowest BCUT2D eigenvalue weighted by atomic mass is 10.4. The van der Waals surface area contributed by atoms with Crippen LogP contribution in [0.15, 0.2) is 16.5 Å². The van der Waals surface area contributed by atoms with Crippen LogP contribution in [0.4, 0.5) is 0 Å². The second-order valence-corrected chi connectivity index (χ2v) is 5.93. The Labute approximate surface area is 90.6 Å². The molecule has 1 aromatic rings. The summed E-state index contributed by atoms with van der Waals surface area (Å²) < 4.78 is 27.0. The largest absolute Gasteiger partial charge is 0.465 e. The van der Waals surface area contributed by atoms with Crippen LogP contribution in [0.2, 0.25) is 0 Å². The molecule has 0 radical (unpaired) electrons. The minimum Gasteiger partial charge on any atom is -0.465 e. The van der Waals surface area contributed by atoms with Crippen molar-refractivity contribution in [3.63, 3.8) is 0 Å². The molecule has 86 valence electrons. The average Bonchev–Trinajstić information content (AvgIpc) is 2.49. The van der Waals surface area contributed by atoms with E-state index in [1.54, 1.807) is 0 Å². The van der Waals surface area contributed by atoms with E-state index in [0.29, 0.717) is 19.5 Å². The Morgan fingerprint density at radius 3 is 2.67 bits per heavy atom. The van der Waals surface area contributed by atoms with Crippen LogP contribution < -0.4 is 5.32 Å². The maximum absolute atomic E-state index is 10.8. The molecule has 0 fully saturated rings. The number of nitrogens with one attached hydrogen (secondary N) is 1. The predicted octanol–water partition coefficient (Wildman–Crippen LogP) is 1.11. The van der Waals surface area contributed by atoms with E-state index in [0.717, 1.165) is 11.5 Å². The fraction of sp³-hybridized carbons (Fsp3) is 0.600. The summed E-state index contributed by atoms with van der Waals surface area (Å²) in [6.07, 6.45) is 1.89. The van der Waals surface area contributed by atoms with Crippen molar-refractivity contribution in [3.8, 4) is 0 Å². The Balaban J connectivity index is 2.12. The van der Waals surface area contributed by atoms with E-state index >= 15 is 0 Å². The van der Waals surface area contributed by atoms with Crippen molar-refractivity contribution in [2.45, 2.75) is 19.9 Å². The Bertz CT molecular complexity index is 395. The molecule has 5 heteroatoms. The lowest BCUT2D eigenvalue weighted by Crippen LogP contribution is -2.17. The van der Waals surface area contributed by atoms with Crippen molar-refractivity contribution in [1.82, 2.24) is 5.32 Å². The molecule has 15 heavy (non-hydrogen) atoms. The van der Waals surface area contributed by atoms with Gasteiger partial charge in [-0.05, 0) is 32.0 Å². The fourth-order valence-corrected chi connectivity index (χ4v) is 1.92. The van der Waals surface area contributed by atoms with Crippen molar-refractivity contribution >= 4 is 9.84 Å². The van der Waals surface area contributed by atoms with Gasteiger partial charge in [-0.1, -0.05) is 0 Å². The van der Waals surface area contributed by atoms with Crippen molar-refractivity contribution in [2.24, 2.45) is 0 Å². The Morgan fingerprint density at radius 2 is 2.13 bits per heavy atom. The Kier molecular flexibility index (Phi) is 4.35. The Hall–Kier alpha value is -0.810. The van der Waals surface area contributed by atoms with Gasteiger partial charge in [-0.25, -0.2) is 8.42 Å². The van der Waals surface area contributed by atoms with E-state index in [9.17, 15) is 8.42 Å². The summed E-state index contributed by atoms with van der Waals surface area (Å²) in [5.41, 5.74) is 0. The standard InChI is InChI=1S/C10H17NO3S/c1-9-4-5-10(14-9)8-11-6-3-7-15(2,12)13/h4-5,11H,3,6-8H2,1-2H3. The lowest BCUT2D eigenvalue weighted by Gasteiger charge is -2.01. The zero-order valence-corrected chi connectivity index (χ0v) is 9.93. The second kappa shape index (κ2) is 5.32. The molecule has 0 atom stereocenters. The summed E-state index contributed by atoms with van der Waals surface area (Å²) in [4.78, 5) is 0. The van der Waals surface area contributed by atoms with Gasteiger partial charge in [0.2, 0.25) is 0 Å². The van der Waals surface area contributed by atoms with Crippen LogP contribution in [-0.2, 0) is 16.4 Å². The third-order valence-electron chi connectivity index (χ3n) is 1.96. The van der Waals surface area contributed by atoms with Crippen LogP contribution in [0, 0.1) is 6.92 Å². The van der Waals surface area contributed by atoms with Crippen LogP contribution in [0.5, 0.6) is 0 Å². The van der Waals surface area contributed by atoms with Crippen molar-refractivity contribution in [2.75, 3.05) is 18.6 Å². The van der Waals surface area contributed by atoms with Gasteiger partial charge in [0.25, 0.3) is 0 Å². The number of rotatable bonds is 6. The minimum atomic E-state index is -2.83. The van der Waals surface area contributed by atoms with Crippen LogP contribution in [-0.4, -0.2) is 27.0 Å². The third-order valence-corrected chi connectivity index (χ3v) is 2.99.